The summed E-state index contributed by atoms with van der Waals surface area (Å²) in [5, 5.41) is 3.09. The zero-order valence-electron chi connectivity index (χ0n) is 8.07. The Bertz CT molecular complexity index is 747. The predicted molar refractivity (Wildman–Crippen MR) is 53.6 cm³/mol. The first-order chi connectivity index (χ1) is 7.93. The van der Waals surface area contributed by atoms with Crippen molar-refractivity contribution in [2.75, 3.05) is 0 Å². The van der Waals surface area contributed by atoms with E-state index < -0.39 is 0 Å². The summed E-state index contributed by atoms with van der Waals surface area (Å²) < 4.78 is 3.61. The molecule has 0 radical (unpaired) electrons. The fraction of sp³-hybridized carbons (Fsp3) is 0. The number of hydrogen-bond acceptors (Lipinski definition) is 4. The molecule has 4 aromatic rings. The van der Waals surface area contributed by atoms with Crippen molar-refractivity contribution >= 4 is 22.5 Å². The Balaban J connectivity index is 2.38. The molecular formula is C9H6N7+. The largest absolute Gasteiger partial charge is 0.312 e. The van der Waals surface area contributed by atoms with E-state index in [9.17, 15) is 0 Å². The Labute approximate surface area is 88.4 Å². The number of nitrogens with one attached hydrogen (secondary N) is 1. The van der Waals surface area contributed by atoms with E-state index in [-0.39, 0.29) is 0 Å². The topological polar surface area (TPSA) is 75.9 Å². The second-order valence-corrected chi connectivity index (χ2v) is 3.39. The van der Waals surface area contributed by atoms with Gasteiger partial charge in [-0.3, -0.25) is 0 Å². The van der Waals surface area contributed by atoms with E-state index in [0.29, 0.717) is 0 Å². The molecule has 4 heterocycles. The average molecular weight is 212 g/mol. The number of aromatic nitrogens is 7. The van der Waals surface area contributed by atoms with Crippen molar-refractivity contribution in [3.63, 3.8) is 0 Å². The summed E-state index contributed by atoms with van der Waals surface area (Å²) in [6.45, 7) is 0. The van der Waals surface area contributed by atoms with Crippen LogP contribution >= 0.6 is 0 Å². The number of rotatable bonds is 0. The van der Waals surface area contributed by atoms with Gasteiger partial charge in [-0.15, -0.1) is 19.1 Å². The first-order valence-electron chi connectivity index (χ1n) is 4.76. The first-order valence-corrected chi connectivity index (χ1v) is 4.76. The third-order valence-corrected chi connectivity index (χ3v) is 2.47. The Morgan fingerprint density at radius 3 is 2.62 bits per heavy atom. The maximum Gasteiger partial charge on any atom is 0.312 e. The van der Waals surface area contributed by atoms with Gasteiger partial charge < -0.3 is 0 Å². The molecule has 16 heavy (non-hydrogen) atoms. The highest BCUT2D eigenvalue weighted by Gasteiger charge is 2.17. The summed E-state index contributed by atoms with van der Waals surface area (Å²) >= 11 is 0. The minimum absolute atomic E-state index is 0.718. The normalized spacial score (nSPS) is 11.8. The van der Waals surface area contributed by atoms with Crippen LogP contribution in [0, 0.1) is 0 Å². The third-order valence-electron chi connectivity index (χ3n) is 2.47. The highest BCUT2D eigenvalue weighted by Crippen LogP contribution is 2.06. The van der Waals surface area contributed by atoms with E-state index in [1.807, 2.05) is 10.7 Å². The van der Waals surface area contributed by atoms with Crippen molar-refractivity contribution in [3.05, 3.63) is 31.0 Å². The van der Waals surface area contributed by atoms with Crippen LogP contribution in [0.2, 0.25) is 0 Å². The van der Waals surface area contributed by atoms with Crippen LogP contribution in [0.15, 0.2) is 31.0 Å². The van der Waals surface area contributed by atoms with Gasteiger partial charge in [-0.05, 0) is 0 Å². The van der Waals surface area contributed by atoms with Gasteiger partial charge in [0.2, 0.25) is 0 Å². The van der Waals surface area contributed by atoms with Gasteiger partial charge in [0.05, 0.1) is 18.6 Å². The van der Waals surface area contributed by atoms with Crippen molar-refractivity contribution in [2.45, 2.75) is 0 Å². The van der Waals surface area contributed by atoms with Gasteiger partial charge in [0.15, 0.2) is 5.52 Å². The van der Waals surface area contributed by atoms with E-state index in [1.165, 1.54) is 0 Å². The molecule has 0 amide bonds. The molecule has 0 saturated heterocycles. The van der Waals surface area contributed by atoms with E-state index in [2.05, 4.69) is 25.0 Å². The van der Waals surface area contributed by atoms with Crippen molar-refractivity contribution in [3.8, 4) is 0 Å². The second-order valence-electron chi connectivity index (χ2n) is 3.39. The molecule has 1 N–H and O–H groups in total. The monoisotopic (exact) mass is 212 g/mol. The van der Waals surface area contributed by atoms with Crippen molar-refractivity contribution < 1.29 is 4.52 Å². The summed E-state index contributed by atoms with van der Waals surface area (Å²) in [5.74, 6) is 0. The molecule has 0 atom stereocenters. The molecule has 7 heteroatoms. The quantitative estimate of drug-likeness (QED) is 0.407. The molecule has 76 valence electrons. The summed E-state index contributed by atoms with van der Waals surface area (Å²) in [4.78, 5) is 17.0. The van der Waals surface area contributed by atoms with Crippen LogP contribution in [0.5, 0.6) is 0 Å². The fourth-order valence-corrected chi connectivity index (χ4v) is 1.83. The van der Waals surface area contributed by atoms with Gasteiger partial charge in [-0.1, -0.05) is 0 Å². The van der Waals surface area contributed by atoms with E-state index in [0.717, 1.165) is 22.5 Å². The number of aromatic amines is 1. The van der Waals surface area contributed by atoms with E-state index in [4.69, 9.17) is 0 Å². The molecule has 0 saturated carbocycles. The van der Waals surface area contributed by atoms with Crippen LogP contribution in [0.1, 0.15) is 0 Å². The fourth-order valence-electron chi connectivity index (χ4n) is 1.83. The molecule has 0 aliphatic carbocycles. The number of fused-ring (bicyclic) bond motifs is 5. The Hall–Kier alpha value is -2.57. The smallest absolute Gasteiger partial charge is 0.246 e. The maximum atomic E-state index is 4.28. The second kappa shape index (κ2) is 2.51. The van der Waals surface area contributed by atoms with Crippen LogP contribution in [-0.2, 0) is 0 Å². The zero-order chi connectivity index (χ0) is 10.5. The van der Waals surface area contributed by atoms with E-state index in [1.54, 1.807) is 29.4 Å². The summed E-state index contributed by atoms with van der Waals surface area (Å²) in [6, 6.07) is 0. The molecule has 0 unspecified atom stereocenters. The number of H-pyrrole nitrogens is 1. The van der Waals surface area contributed by atoms with Crippen molar-refractivity contribution in [2.24, 2.45) is 0 Å². The first kappa shape index (κ1) is 7.69. The minimum Gasteiger partial charge on any atom is -0.246 e. The van der Waals surface area contributed by atoms with Gasteiger partial charge >= 0.3 is 5.65 Å². The van der Waals surface area contributed by atoms with Gasteiger partial charge in [0.1, 0.15) is 12.4 Å². The zero-order valence-corrected chi connectivity index (χ0v) is 8.07. The number of hydrogen-bond donors (Lipinski definition) is 1. The Morgan fingerprint density at radius 2 is 1.69 bits per heavy atom. The molecule has 0 aliphatic heterocycles. The van der Waals surface area contributed by atoms with Gasteiger partial charge in [0.25, 0.3) is 11.3 Å². The SMILES string of the molecule is c1cnc2c(cn3[nH]c4nccnc4[n+]23)n1. The lowest BCUT2D eigenvalue weighted by molar-refractivity contribution is -0.570. The van der Waals surface area contributed by atoms with Crippen LogP contribution in [0.25, 0.3) is 22.5 Å². The molecule has 0 spiro atoms. The standard InChI is InChI=1S/C9H6N7/c1-3-12-8-6(10-1)5-15-14-7-9(16(8)15)13-4-2-11-7/h1-5H,(H,11,14)/q+1. The summed E-state index contributed by atoms with van der Waals surface area (Å²) in [7, 11) is 0. The van der Waals surface area contributed by atoms with Gasteiger partial charge in [-0.25, -0.2) is 15.1 Å². The molecule has 0 fully saturated rings. The number of nitrogens with zero attached hydrogens (tertiary/aromatic N) is 6. The summed E-state index contributed by atoms with van der Waals surface area (Å²) in [6.07, 6.45) is 8.47. The van der Waals surface area contributed by atoms with Gasteiger partial charge in [0, 0.05) is 0 Å². The highest BCUT2D eigenvalue weighted by atomic mass is 15.5. The minimum atomic E-state index is 0.718. The maximum absolute atomic E-state index is 4.28. The molecule has 4 rings (SSSR count). The molecule has 0 aliphatic rings. The highest BCUT2D eigenvalue weighted by molar-refractivity contribution is 5.68. The lowest BCUT2D eigenvalue weighted by Crippen LogP contribution is -2.27. The molecular weight excluding hydrogens is 206 g/mol. The van der Waals surface area contributed by atoms with Crippen molar-refractivity contribution in [1.29, 1.82) is 0 Å². The van der Waals surface area contributed by atoms with Crippen LogP contribution < -0.4 is 4.52 Å². The molecule has 0 bridgehead atoms. The Kier molecular flexibility index (Phi) is 1.21. The lowest BCUT2D eigenvalue weighted by Gasteiger charge is -1.82. The van der Waals surface area contributed by atoms with E-state index >= 15 is 0 Å². The average Bonchev–Trinajstić information content (AvgIpc) is 2.83. The third kappa shape index (κ3) is 0.800. The molecule has 0 aromatic carbocycles. The molecule has 7 nitrogen and oxygen atoms in total. The van der Waals surface area contributed by atoms with Gasteiger partial charge in [-0.2, -0.15) is 0 Å². The molecule has 4 aromatic heterocycles. The lowest BCUT2D eigenvalue weighted by atomic mass is 10.5. The van der Waals surface area contributed by atoms with Crippen LogP contribution in [-0.4, -0.2) is 29.7 Å². The van der Waals surface area contributed by atoms with Crippen molar-refractivity contribution in [1.82, 2.24) is 29.7 Å². The van der Waals surface area contributed by atoms with Crippen LogP contribution in [0.4, 0.5) is 0 Å². The van der Waals surface area contributed by atoms with Crippen LogP contribution in [0.3, 0.4) is 0 Å². The summed E-state index contributed by atoms with van der Waals surface area (Å²) in [5.41, 5.74) is 3.02. The predicted octanol–water partition coefficient (Wildman–Crippen LogP) is -0.261. The Morgan fingerprint density at radius 1 is 0.938 bits per heavy atom.